The van der Waals surface area contributed by atoms with Crippen LogP contribution in [-0.4, -0.2) is 11.1 Å². The normalized spacial score (nSPS) is 33.5. The first-order valence-electron chi connectivity index (χ1n) is 4.08. The van der Waals surface area contributed by atoms with Crippen LogP contribution in [0, 0.1) is 11.3 Å². The molecule has 5 N–H and O–H groups in total. The second-order valence-corrected chi connectivity index (χ2v) is 3.52. The van der Waals surface area contributed by atoms with Crippen molar-refractivity contribution in [2.75, 3.05) is 0 Å². The average Bonchev–Trinajstić information content (AvgIpc) is 2.08. The maximum Gasteiger partial charge on any atom is 0.316 e. The fourth-order valence-corrected chi connectivity index (χ4v) is 1.39. The van der Waals surface area contributed by atoms with Crippen molar-refractivity contribution in [2.45, 2.75) is 13.8 Å². The summed E-state index contributed by atoms with van der Waals surface area (Å²) in [5.74, 6) is -1.08. The molecule has 0 saturated heterocycles. The average molecular weight is 182 g/mol. The van der Waals surface area contributed by atoms with Gasteiger partial charge in [-0.3, -0.25) is 4.79 Å². The maximum atomic E-state index is 11.0. The van der Waals surface area contributed by atoms with Crippen LogP contribution in [0.3, 0.4) is 0 Å². The van der Waals surface area contributed by atoms with Crippen LogP contribution in [0.1, 0.15) is 13.8 Å². The number of rotatable bonds is 1. The van der Waals surface area contributed by atoms with E-state index < -0.39 is 11.4 Å². The third kappa shape index (κ3) is 1.18. The van der Waals surface area contributed by atoms with E-state index in [1.165, 1.54) is 0 Å². The van der Waals surface area contributed by atoms with E-state index in [0.29, 0.717) is 5.70 Å². The summed E-state index contributed by atoms with van der Waals surface area (Å²) < 4.78 is 0. The molecule has 1 aliphatic carbocycles. The van der Waals surface area contributed by atoms with Gasteiger partial charge in [-0.1, -0.05) is 13.0 Å². The van der Waals surface area contributed by atoms with E-state index in [-0.39, 0.29) is 11.6 Å². The Morgan fingerprint density at radius 1 is 1.62 bits per heavy atom. The van der Waals surface area contributed by atoms with Crippen molar-refractivity contribution in [3.63, 3.8) is 0 Å². The summed E-state index contributed by atoms with van der Waals surface area (Å²) in [6.07, 6.45) is 3.42. The van der Waals surface area contributed by atoms with Gasteiger partial charge in [0.25, 0.3) is 0 Å². The largest absolute Gasteiger partial charge is 0.481 e. The van der Waals surface area contributed by atoms with Gasteiger partial charge in [-0.15, -0.1) is 0 Å². The lowest BCUT2D eigenvalue weighted by Gasteiger charge is -2.33. The summed E-state index contributed by atoms with van der Waals surface area (Å²) in [6, 6.07) is 0. The highest BCUT2D eigenvalue weighted by Gasteiger charge is 2.43. The highest BCUT2D eigenvalue weighted by molar-refractivity contribution is 5.79. The molecular formula is C9H14N2O2. The molecule has 72 valence electrons. The van der Waals surface area contributed by atoms with E-state index in [1.807, 2.05) is 6.92 Å². The van der Waals surface area contributed by atoms with Gasteiger partial charge in [0.2, 0.25) is 0 Å². The highest BCUT2D eigenvalue weighted by atomic mass is 16.4. The Balaban J connectivity index is 3.24. The first-order valence-corrected chi connectivity index (χ1v) is 4.08. The molecule has 0 spiro atoms. The predicted octanol–water partition coefficient (Wildman–Crippen LogP) is 0.412. The van der Waals surface area contributed by atoms with Crippen LogP contribution in [0.4, 0.5) is 0 Å². The Kier molecular flexibility index (Phi) is 2.07. The van der Waals surface area contributed by atoms with Gasteiger partial charge in [-0.25, -0.2) is 0 Å². The monoisotopic (exact) mass is 182 g/mol. The molecule has 4 nitrogen and oxygen atoms in total. The second-order valence-electron chi connectivity index (χ2n) is 3.52. The molecule has 2 unspecified atom stereocenters. The second kappa shape index (κ2) is 2.80. The topological polar surface area (TPSA) is 89.3 Å². The van der Waals surface area contributed by atoms with Crippen molar-refractivity contribution in [1.29, 1.82) is 0 Å². The van der Waals surface area contributed by atoms with Crippen LogP contribution in [0.2, 0.25) is 0 Å². The Hall–Kier alpha value is -1.45. The smallest absolute Gasteiger partial charge is 0.316 e. The molecule has 0 saturated carbocycles. The number of hydrogen-bond acceptors (Lipinski definition) is 3. The van der Waals surface area contributed by atoms with Crippen molar-refractivity contribution >= 4 is 5.97 Å². The summed E-state index contributed by atoms with van der Waals surface area (Å²) in [7, 11) is 0. The van der Waals surface area contributed by atoms with Gasteiger partial charge in [0.05, 0.1) is 5.70 Å². The fraction of sp³-hybridized carbons (Fsp3) is 0.444. The molecule has 0 bridgehead atoms. The molecular weight excluding hydrogens is 168 g/mol. The summed E-state index contributed by atoms with van der Waals surface area (Å²) >= 11 is 0. The van der Waals surface area contributed by atoms with Gasteiger partial charge in [-0.05, 0) is 18.9 Å². The number of carbonyl (C=O) groups is 1. The van der Waals surface area contributed by atoms with E-state index in [9.17, 15) is 4.79 Å². The lowest BCUT2D eigenvalue weighted by Crippen LogP contribution is -2.42. The molecule has 0 heterocycles. The molecule has 2 atom stereocenters. The van der Waals surface area contributed by atoms with Gasteiger partial charge < -0.3 is 16.6 Å². The summed E-state index contributed by atoms with van der Waals surface area (Å²) in [6.45, 7) is 3.40. The summed E-state index contributed by atoms with van der Waals surface area (Å²) in [5, 5.41) is 9.05. The summed E-state index contributed by atoms with van der Waals surface area (Å²) in [5.41, 5.74) is 10.8. The zero-order valence-corrected chi connectivity index (χ0v) is 7.74. The van der Waals surface area contributed by atoms with Crippen LogP contribution in [-0.2, 0) is 4.79 Å². The minimum atomic E-state index is -1.07. The number of allylic oxidation sites excluding steroid dienone is 2. The number of hydrogen-bond donors (Lipinski definition) is 3. The van der Waals surface area contributed by atoms with E-state index in [1.54, 1.807) is 19.1 Å². The van der Waals surface area contributed by atoms with Gasteiger partial charge in [0, 0.05) is 5.70 Å². The van der Waals surface area contributed by atoms with Crippen LogP contribution in [0.5, 0.6) is 0 Å². The zero-order valence-electron chi connectivity index (χ0n) is 7.74. The van der Waals surface area contributed by atoms with Crippen molar-refractivity contribution in [1.82, 2.24) is 0 Å². The predicted molar refractivity (Wildman–Crippen MR) is 49.4 cm³/mol. The Labute approximate surface area is 76.9 Å². The first-order chi connectivity index (χ1) is 5.90. The molecule has 0 aromatic carbocycles. The zero-order chi connectivity index (χ0) is 10.2. The van der Waals surface area contributed by atoms with E-state index in [0.717, 1.165) is 0 Å². The molecule has 0 aromatic rings. The number of nitrogens with two attached hydrogens (primary N) is 2. The lowest BCUT2D eigenvalue weighted by atomic mass is 9.72. The number of carboxylic acid groups (broad SMARTS) is 1. The van der Waals surface area contributed by atoms with Crippen LogP contribution >= 0.6 is 0 Å². The molecule has 0 aromatic heterocycles. The minimum Gasteiger partial charge on any atom is -0.481 e. The Morgan fingerprint density at radius 3 is 2.54 bits per heavy atom. The van der Waals surface area contributed by atoms with Crippen molar-refractivity contribution < 1.29 is 9.90 Å². The first kappa shape index (κ1) is 9.64. The maximum absolute atomic E-state index is 11.0. The molecule has 1 aliphatic rings. The summed E-state index contributed by atoms with van der Waals surface area (Å²) in [4.78, 5) is 11.0. The van der Waals surface area contributed by atoms with E-state index >= 15 is 0 Å². The molecule has 0 aliphatic heterocycles. The fourth-order valence-electron chi connectivity index (χ4n) is 1.39. The Morgan fingerprint density at radius 2 is 2.15 bits per heavy atom. The molecule has 0 radical (unpaired) electrons. The van der Waals surface area contributed by atoms with E-state index in [4.69, 9.17) is 16.6 Å². The minimum absolute atomic E-state index is 0.141. The quantitative estimate of drug-likeness (QED) is 0.548. The van der Waals surface area contributed by atoms with Gasteiger partial charge in [0.1, 0.15) is 5.41 Å². The number of carboxylic acids is 1. The van der Waals surface area contributed by atoms with Gasteiger partial charge in [-0.2, -0.15) is 0 Å². The van der Waals surface area contributed by atoms with Gasteiger partial charge in [0.15, 0.2) is 0 Å². The molecule has 4 heteroatoms. The standard InChI is InChI=1S/C9H14N2O2/c1-5-3-4-6(10)7(11)9(5,2)8(12)13/h3-5H,10-11H2,1-2H3,(H,12,13). The van der Waals surface area contributed by atoms with E-state index in [2.05, 4.69) is 0 Å². The molecule has 0 amide bonds. The number of aliphatic carboxylic acids is 1. The van der Waals surface area contributed by atoms with Crippen LogP contribution < -0.4 is 11.5 Å². The molecule has 1 rings (SSSR count). The molecule has 0 fully saturated rings. The SMILES string of the molecule is CC1C=CC(N)=C(N)C1(C)C(=O)O. The highest BCUT2D eigenvalue weighted by Crippen LogP contribution is 2.37. The van der Waals surface area contributed by atoms with Crippen LogP contribution in [0.15, 0.2) is 23.5 Å². The lowest BCUT2D eigenvalue weighted by molar-refractivity contribution is -0.147. The third-order valence-electron chi connectivity index (χ3n) is 2.79. The van der Waals surface area contributed by atoms with Crippen molar-refractivity contribution in [2.24, 2.45) is 22.8 Å². The van der Waals surface area contributed by atoms with Crippen molar-refractivity contribution in [3.8, 4) is 0 Å². The third-order valence-corrected chi connectivity index (χ3v) is 2.79. The van der Waals surface area contributed by atoms with Crippen LogP contribution in [0.25, 0.3) is 0 Å². The molecule has 13 heavy (non-hydrogen) atoms. The van der Waals surface area contributed by atoms with Gasteiger partial charge >= 0.3 is 5.97 Å². The Bertz CT molecular complexity index is 307. The van der Waals surface area contributed by atoms with Crippen molar-refractivity contribution in [3.05, 3.63) is 23.5 Å².